The summed E-state index contributed by atoms with van der Waals surface area (Å²) in [4.78, 5) is 0. The lowest BCUT2D eigenvalue weighted by Crippen LogP contribution is -2.27. The summed E-state index contributed by atoms with van der Waals surface area (Å²) in [5.41, 5.74) is 5.12. The summed E-state index contributed by atoms with van der Waals surface area (Å²) in [6.07, 6.45) is -2.50. The maximum Gasteiger partial charge on any atom is 0.130 e. The van der Waals surface area contributed by atoms with E-state index in [-0.39, 0.29) is 17.1 Å². The monoisotopic (exact) mass is 219 g/mol. The predicted molar refractivity (Wildman–Crippen MR) is 51.4 cm³/mol. The Labute approximate surface area is 85.9 Å². The van der Waals surface area contributed by atoms with E-state index in [1.54, 1.807) is 0 Å². The van der Waals surface area contributed by atoms with Gasteiger partial charge in [0, 0.05) is 17.1 Å². The minimum atomic E-state index is -1.32. The van der Waals surface area contributed by atoms with Gasteiger partial charge in [0.2, 0.25) is 0 Å². The molecule has 0 amide bonds. The van der Waals surface area contributed by atoms with E-state index in [9.17, 15) is 14.6 Å². The van der Waals surface area contributed by atoms with Gasteiger partial charge in [-0.05, 0) is 12.1 Å². The Hall–Kier alpha value is -0.680. The maximum absolute atomic E-state index is 13.2. The highest BCUT2D eigenvalue weighted by molar-refractivity contribution is 6.30. The van der Waals surface area contributed by atoms with Crippen LogP contribution in [0.1, 0.15) is 11.7 Å². The summed E-state index contributed by atoms with van der Waals surface area (Å²) in [7, 11) is 0. The molecule has 78 valence electrons. The minimum Gasteiger partial charge on any atom is -0.389 e. The van der Waals surface area contributed by atoms with Crippen molar-refractivity contribution in [2.45, 2.75) is 12.2 Å². The predicted octanol–water partition coefficient (Wildman–Crippen LogP) is 0.832. The van der Waals surface area contributed by atoms with Crippen molar-refractivity contribution in [3.05, 3.63) is 34.6 Å². The molecule has 0 spiro atoms. The molecule has 0 aliphatic rings. The lowest BCUT2D eigenvalue weighted by Gasteiger charge is -2.16. The number of aliphatic hydroxyl groups is 2. The van der Waals surface area contributed by atoms with Gasteiger partial charge in [-0.1, -0.05) is 17.7 Å². The van der Waals surface area contributed by atoms with E-state index in [4.69, 9.17) is 17.3 Å². The van der Waals surface area contributed by atoms with E-state index in [2.05, 4.69) is 0 Å². The average molecular weight is 220 g/mol. The maximum atomic E-state index is 13.2. The largest absolute Gasteiger partial charge is 0.389 e. The smallest absolute Gasteiger partial charge is 0.130 e. The highest BCUT2D eigenvalue weighted by Gasteiger charge is 2.20. The Kier molecular flexibility index (Phi) is 3.83. The van der Waals surface area contributed by atoms with Gasteiger partial charge in [-0.3, -0.25) is 0 Å². The van der Waals surface area contributed by atoms with Gasteiger partial charge in [-0.25, -0.2) is 4.39 Å². The van der Waals surface area contributed by atoms with Crippen LogP contribution in [0.4, 0.5) is 4.39 Å². The molecule has 0 saturated heterocycles. The Balaban J connectivity index is 2.95. The topological polar surface area (TPSA) is 66.5 Å². The number of benzene rings is 1. The highest BCUT2D eigenvalue weighted by Crippen LogP contribution is 2.22. The average Bonchev–Trinajstić information content (AvgIpc) is 2.15. The molecule has 4 N–H and O–H groups in total. The number of hydrogen-bond donors (Lipinski definition) is 3. The second kappa shape index (κ2) is 4.70. The van der Waals surface area contributed by atoms with Crippen LogP contribution in [0.25, 0.3) is 0 Å². The number of hydrogen-bond acceptors (Lipinski definition) is 3. The SMILES string of the molecule is NCC(O)C(O)c1ccc(Cl)cc1F. The van der Waals surface area contributed by atoms with Gasteiger partial charge in [0.25, 0.3) is 0 Å². The van der Waals surface area contributed by atoms with Crippen molar-refractivity contribution in [3.8, 4) is 0 Å². The summed E-state index contributed by atoms with van der Waals surface area (Å²) >= 11 is 5.53. The Morgan fingerprint density at radius 3 is 2.57 bits per heavy atom. The van der Waals surface area contributed by atoms with E-state index in [0.717, 1.165) is 6.07 Å². The molecule has 1 aromatic carbocycles. The highest BCUT2D eigenvalue weighted by atomic mass is 35.5. The molecule has 0 aliphatic heterocycles. The first-order chi connectivity index (χ1) is 6.56. The molecular weight excluding hydrogens is 209 g/mol. The molecule has 2 unspecified atom stereocenters. The van der Waals surface area contributed by atoms with Crippen LogP contribution < -0.4 is 5.73 Å². The fourth-order valence-corrected chi connectivity index (χ4v) is 1.24. The van der Waals surface area contributed by atoms with E-state index in [1.165, 1.54) is 12.1 Å². The van der Waals surface area contributed by atoms with Gasteiger partial charge >= 0.3 is 0 Å². The van der Waals surface area contributed by atoms with Crippen LogP contribution in [-0.2, 0) is 0 Å². The zero-order chi connectivity index (χ0) is 10.7. The van der Waals surface area contributed by atoms with Crippen LogP contribution in [0.15, 0.2) is 18.2 Å². The third kappa shape index (κ3) is 2.42. The van der Waals surface area contributed by atoms with Gasteiger partial charge in [-0.15, -0.1) is 0 Å². The van der Waals surface area contributed by atoms with Crippen molar-refractivity contribution >= 4 is 11.6 Å². The van der Waals surface area contributed by atoms with E-state index >= 15 is 0 Å². The first kappa shape index (κ1) is 11.4. The van der Waals surface area contributed by atoms with E-state index in [1.807, 2.05) is 0 Å². The van der Waals surface area contributed by atoms with Gasteiger partial charge in [0.15, 0.2) is 0 Å². The first-order valence-corrected chi connectivity index (χ1v) is 4.45. The van der Waals surface area contributed by atoms with Crippen LogP contribution in [0.2, 0.25) is 5.02 Å². The molecule has 0 aliphatic carbocycles. The van der Waals surface area contributed by atoms with Crippen LogP contribution in [0.5, 0.6) is 0 Å². The van der Waals surface area contributed by atoms with E-state index in [0.29, 0.717) is 0 Å². The molecule has 0 heterocycles. The number of nitrogens with two attached hydrogens (primary N) is 1. The molecule has 0 aromatic heterocycles. The minimum absolute atomic E-state index is 0.00708. The second-order valence-corrected chi connectivity index (χ2v) is 3.35. The summed E-state index contributed by atoms with van der Waals surface area (Å²) in [6.45, 7) is -0.136. The van der Waals surface area contributed by atoms with Crippen molar-refractivity contribution in [3.63, 3.8) is 0 Å². The van der Waals surface area contributed by atoms with Crippen LogP contribution in [0.3, 0.4) is 0 Å². The van der Waals surface area contributed by atoms with Crippen LogP contribution >= 0.6 is 11.6 Å². The molecule has 0 fully saturated rings. The zero-order valence-corrected chi connectivity index (χ0v) is 8.08. The molecule has 3 nitrogen and oxygen atoms in total. The molecule has 1 aromatic rings. The molecule has 5 heteroatoms. The summed E-state index contributed by atoms with van der Waals surface area (Å²) in [5.74, 6) is -0.655. The number of rotatable bonds is 3. The summed E-state index contributed by atoms with van der Waals surface area (Å²) in [6, 6.07) is 3.83. The molecule has 1 rings (SSSR count). The Bertz CT molecular complexity index is 322. The standard InChI is InChI=1S/C9H11ClFNO2/c10-5-1-2-6(7(11)3-5)9(14)8(13)4-12/h1-3,8-9,13-14H,4,12H2. The molecule has 0 radical (unpaired) electrons. The molecule has 0 bridgehead atoms. The van der Waals surface area contributed by atoms with Crippen LogP contribution in [0, 0.1) is 5.82 Å². The first-order valence-electron chi connectivity index (χ1n) is 4.07. The quantitative estimate of drug-likeness (QED) is 0.706. The summed E-state index contributed by atoms with van der Waals surface area (Å²) < 4.78 is 13.2. The third-order valence-corrected chi connectivity index (χ3v) is 2.12. The lowest BCUT2D eigenvalue weighted by molar-refractivity contribution is 0.0222. The Morgan fingerprint density at radius 1 is 1.43 bits per heavy atom. The molecular formula is C9H11ClFNO2. The fraction of sp³-hybridized carbons (Fsp3) is 0.333. The van der Waals surface area contributed by atoms with Crippen molar-refractivity contribution < 1.29 is 14.6 Å². The zero-order valence-electron chi connectivity index (χ0n) is 7.32. The van der Waals surface area contributed by atoms with Crippen molar-refractivity contribution in [2.75, 3.05) is 6.54 Å². The fourth-order valence-electron chi connectivity index (χ4n) is 1.08. The van der Waals surface area contributed by atoms with Crippen molar-refractivity contribution in [1.29, 1.82) is 0 Å². The molecule has 0 saturated carbocycles. The second-order valence-electron chi connectivity index (χ2n) is 2.91. The van der Waals surface area contributed by atoms with Gasteiger partial charge in [0.05, 0.1) is 6.10 Å². The number of aliphatic hydroxyl groups excluding tert-OH is 2. The van der Waals surface area contributed by atoms with Crippen molar-refractivity contribution in [2.24, 2.45) is 5.73 Å². The van der Waals surface area contributed by atoms with Gasteiger partial charge in [0.1, 0.15) is 11.9 Å². The van der Waals surface area contributed by atoms with Crippen LogP contribution in [-0.4, -0.2) is 22.9 Å². The summed E-state index contributed by atoms with van der Waals surface area (Å²) in [5, 5.41) is 18.9. The molecule has 2 atom stereocenters. The van der Waals surface area contributed by atoms with E-state index < -0.39 is 18.0 Å². The molecule has 14 heavy (non-hydrogen) atoms. The number of halogens is 2. The third-order valence-electron chi connectivity index (χ3n) is 1.89. The lowest BCUT2D eigenvalue weighted by atomic mass is 10.0. The normalized spacial score (nSPS) is 15.2. The Morgan fingerprint density at radius 2 is 2.07 bits per heavy atom. The van der Waals surface area contributed by atoms with Gasteiger partial charge < -0.3 is 15.9 Å². The van der Waals surface area contributed by atoms with Crippen molar-refractivity contribution in [1.82, 2.24) is 0 Å². The van der Waals surface area contributed by atoms with Gasteiger partial charge in [-0.2, -0.15) is 0 Å².